The molecular weight excluding hydrogens is 380 g/mol. The molecule has 0 radical (unpaired) electrons. The molecule has 1 aliphatic heterocycles. The first-order valence-electron chi connectivity index (χ1n) is 10.5. The van der Waals surface area contributed by atoms with E-state index in [1.165, 1.54) is 0 Å². The van der Waals surface area contributed by atoms with Crippen molar-refractivity contribution >= 4 is 11.6 Å². The molecule has 0 N–H and O–H groups in total. The maximum absolute atomic E-state index is 6.19. The lowest BCUT2D eigenvalue weighted by atomic mass is 10.1. The van der Waals surface area contributed by atoms with Crippen LogP contribution >= 0.6 is 11.6 Å². The molecule has 0 fully saturated rings. The van der Waals surface area contributed by atoms with Gasteiger partial charge in [-0.1, -0.05) is 31.9 Å². The van der Waals surface area contributed by atoms with Gasteiger partial charge in [0.05, 0.1) is 11.6 Å². The maximum Gasteiger partial charge on any atom is 0.231 e. The first-order chi connectivity index (χ1) is 13.7. The topological polar surface area (TPSA) is 46.2 Å². The molecule has 0 aromatic heterocycles. The molecule has 0 saturated heterocycles. The highest BCUT2D eigenvalue weighted by Crippen LogP contribution is 2.40. The van der Waals surface area contributed by atoms with Gasteiger partial charge in [-0.3, -0.25) is 0 Å². The molecule has 0 aliphatic carbocycles. The van der Waals surface area contributed by atoms with Crippen LogP contribution in [0, 0.1) is 5.92 Å². The zero-order chi connectivity index (χ0) is 20.0. The molecule has 160 valence electrons. The van der Waals surface area contributed by atoms with Crippen LogP contribution < -0.4 is 14.2 Å². The van der Waals surface area contributed by atoms with Crippen molar-refractivity contribution in [2.75, 3.05) is 39.8 Å². The summed E-state index contributed by atoms with van der Waals surface area (Å²) in [6.45, 7) is 8.73. The Morgan fingerprint density at radius 3 is 2.07 bits per heavy atom. The van der Waals surface area contributed by atoms with Gasteiger partial charge < -0.3 is 23.7 Å². The number of ether oxygens (including phenoxy) is 5. The highest BCUT2D eigenvalue weighted by atomic mass is 35.5. The van der Waals surface area contributed by atoms with E-state index in [0.29, 0.717) is 28.9 Å². The Morgan fingerprint density at radius 2 is 1.39 bits per heavy atom. The number of hydrogen-bond donors (Lipinski definition) is 0. The normalized spacial score (nSPS) is 12.7. The predicted octanol–water partition coefficient (Wildman–Crippen LogP) is 5.87. The van der Waals surface area contributed by atoms with Gasteiger partial charge in [0.25, 0.3) is 0 Å². The Bertz CT molecular complexity index is 550. The van der Waals surface area contributed by atoms with Gasteiger partial charge in [0.15, 0.2) is 11.5 Å². The van der Waals surface area contributed by atoms with Crippen molar-refractivity contribution in [3.05, 3.63) is 17.2 Å². The van der Waals surface area contributed by atoms with Gasteiger partial charge in [0.1, 0.15) is 5.75 Å². The molecule has 1 aromatic carbocycles. The van der Waals surface area contributed by atoms with Crippen LogP contribution in [0.2, 0.25) is 5.02 Å². The predicted molar refractivity (Wildman–Crippen MR) is 112 cm³/mol. The van der Waals surface area contributed by atoms with Gasteiger partial charge in [-0.2, -0.15) is 0 Å². The summed E-state index contributed by atoms with van der Waals surface area (Å²) in [4.78, 5) is 0. The second-order valence-corrected chi connectivity index (χ2v) is 7.92. The van der Waals surface area contributed by atoms with Gasteiger partial charge in [-0.05, 0) is 44.4 Å². The van der Waals surface area contributed by atoms with E-state index in [-0.39, 0.29) is 6.79 Å². The molecule has 6 heteroatoms. The summed E-state index contributed by atoms with van der Waals surface area (Å²) in [6, 6.07) is 3.54. The zero-order valence-corrected chi connectivity index (χ0v) is 18.1. The second-order valence-electron chi connectivity index (χ2n) is 7.51. The lowest BCUT2D eigenvalue weighted by Crippen LogP contribution is -2.03. The standard InChI is InChI=1S/C22H35ClO5/c1-18(2)9-14-25-12-8-7-11-24-10-5-3-4-6-13-26-20-16-22-21(15-19(20)23)27-17-28-22/h15-16,18H,3-14,17H2,1-2H3. The van der Waals surface area contributed by atoms with Crippen molar-refractivity contribution < 1.29 is 23.7 Å². The number of benzene rings is 1. The third-order valence-corrected chi connectivity index (χ3v) is 4.83. The number of unbranched alkanes of at least 4 members (excludes halogenated alkanes) is 4. The molecular formula is C22H35ClO5. The number of halogens is 1. The van der Waals surface area contributed by atoms with Crippen molar-refractivity contribution in [2.45, 2.75) is 58.8 Å². The van der Waals surface area contributed by atoms with Crippen molar-refractivity contribution in [2.24, 2.45) is 5.92 Å². The summed E-state index contributed by atoms with van der Waals surface area (Å²) in [7, 11) is 0. The third kappa shape index (κ3) is 9.35. The van der Waals surface area contributed by atoms with Crippen molar-refractivity contribution in [1.29, 1.82) is 0 Å². The van der Waals surface area contributed by atoms with Crippen LogP contribution in [0.1, 0.15) is 58.8 Å². The van der Waals surface area contributed by atoms with Gasteiger partial charge in [-0.25, -0.2) is 0 Å². The van der Waals surface area contributed by atoms with E-state index in [4.69, 9.17) is 35.3 Å². The summed E-state index contributed by atoms with van der Waals surface area (Å²) < 4.78 is 27.7. The quantitative estimate of drug-likeness (QED) is 0.316. The smallest absolute Gasteiger partial charge is 0.231 e. The van der Waals surface area contributed by atoms with E-state index >= 15 is 0 Å². The van der Waals surface area contributed by atoms with Gasteiger partial charge in [0, 0.05) is 38.6 Å². The molecule has 1 aromatic rings. The molecule has 0 unspecified atom stereocenters. The van der Waals surface area contributed by atoms with E-state index in [9.17, 15) is 0 Å². The van der Waals surface area contributed by atoms with Crippen LogP contribution in [0.15, 0.2) is 12.1 Å². The van der Waals surface area contributed by atoms with E-state index in [0.717, 1.165) is 77.3 Å². The molecule has 28 heavy (non-hydrogen) atoms. The molecule has 0 saturated carbocycles. The zero-order valence-electron chi connectivity index (χ0n) is 17.3. The fourth-order valence-electron chi connectivity index (χ4n) is 2.78. The molecule has 2 rings (SSSR count). The molecule has 0 bridgehead atoms. The summed E-state index contributed by atoms with van der Waals surface area (Å²) in [5, 5.41) is 0.558. The fourth-order valence-corrected chi connectivity index (χ4v) is 2.99. The molecule has 0 atom stereocenters. The molecule has 1 heterocycles. The Kier molecular flexibility index (Phi) is 11.5. The van der Waals surface area contributed by atoms with E-state index in [2.05, 4.69) is 13.8 Å². The van der Waals surface area contributed by atoms with Crippen molar-refractivity contribution in [3.63, 3.8) is 0 Å². The Hall–Kier alpha value is -1.17. The minimum atomic E-state index is 0.239. The van der Waals surface area contributed by atoms with Crippen LogP contribution in [-0.2, 0) is 9.47 Å². The van der Waals surface area contributed by atoms with Crippen LogP contribution in [-0.4, -0.2) is 39.8 Å². The van der Waals surface area contributed by atoms with E-state index in [1.807, 2.05) is 0 Å². The van der Waals surface area contributed by atoms with Crippen LogP contribution in [0.4, 0.5) is 0 Å². The largest absolute Gasteiger partial charge is 0.492 e. The highest BCUT2D eigenvalue weighted by Gasteiger charge is 2.17. The van der Waals surface area contributed by atoms with Crippen molar-refractivity contribution in [3.8, 4) is 17.2 Å². The van der Waals surface area contributed by atoms with Crippen molar-refractivity contribution in [1.82, 2.24) is 0 Å². The monoisotopic (exact) mass is 414 g/mol. The van der Waals surface area contributed by atoms with Gasteiger partial charge >= 0.3 is 0 Å². The summed E-state index contributed by atoms with van der Waals surface area (Å²) >= 11 is 6.19. The average Bonchev–Trinajstić information content (AvgIpc) is 3.11. The summed E-state index contributed by atoms with van der Waals surface area (Å²) in [5.41, 5.74) is 0. The van der Waals surface area contributed by atoms with Gasteiger partial charge in [0.2, 0.25) is 6.79 Å². The van der Waals surface area contributed by atoms with Crippen LogP contribution in [0.3, 0.4) is 0 Å². The Balaban J connectivity index is 1.36. The van der Waals surface area contributed by atoms with Gasteiger partial charge in [-0.15, -0.1) is 0 Å². The second kappa shape index (κ2) is 13.9. The first kappa shape index (κ1) is 23.1. The van der Waals surface area contributed by atoms with E-state index in [1.54, 1.807) is 12.1 Å². The average molecular weight is 415 g/mol. The third-order valence-electron chi connectivity index (χ3n) is 4.53. The maximum atomic E-state index is 6.19. The summed E-state index contributed by atoms with van der Waals surface area (Å²) in [6.07, 6.45) is 7.66. The summed E-state index contributed by atoms with van der Waals surface area (Å²) in [5.74, 6) is 2.74. The minimum Gasteiger partial charge on any atom is -0.492 e. The number of hydrogen-bond acceptors (Lipinski definition) is 5. The molecule has 1 aliphatic rings. The molecule has 0 amide bonds. The fraction of sp³-hybridized carbons (Fsp3) is 0.727. The van der Waals surface area contributed by atoms with Crippen LogP contribution in [0.25, 0.3) is 0 Å². The SMILES string of the molecule is CC(C)CCOCCCCOCCCCCCOc1cc2c(cc1Cl)OCO2. The Labute approximate surface area is 174 Å². The van der Waals surface area contributed by atoms with E-state index < -0.39 is 0 Å². The highest BCUT2D eigenvalue weighted by molar-refractivity contribution is 6.32. The first-order valence-corrected chi connectivity index (χ1v) is 10.9. The number of fused-ring (bicyclic) bond motifs is 1. The number of rotatable bonds is 16. The Morgan fingerprint density at radius 1 is 0.821 bits per heavy atom. The minimum absolute atomic E-state index is 0.239. The lowest BCUT2D eigenvalue weighted by molar-refractivity contribution is 0.0963. The molecule has 0 spiro atoms. The molecule has 5 nitrogen and oxygen atoms in total. The van der Waals surface area contributed by atoms with Crippen LogP contribution in [0.5, 0.6) is 17.2 Å². The lowest BCUT2D eigenvalue weighted by Gasteiger charge is -2.09.